The number of nitrogens with one attached hydrogen (secondary N) is 1. The van der Waals surface area contributed by atoms with Crippen molar-refractivity contribution in [2.45, 2.75) is 37.8 Å². The Balaban J connectivity index is 1.68. The monoisotopic (exact) mass is 322 g/mol. The molecule has 1 aromatic carbocycles. The van der Waals surface area contributed by atoms with Gasteiger partial charge < -0.3 is 5.32 Å². The first-order valence-corrected chi connectivity index (χ1v) is 7.84. The molecule has 0 radical (unpaired) electrons. The topological polar surface area (TPSA) is 32.3 Å². The van der Waals surface area contributed by atoms with Crippen LogP contribution in [0.1, 0.15) is 36.0 Å². The van der Waals surface area contributed by atoms with Crippen LogP contribution in [0.25, 0.3) is 0 Å². The molecule has 0 saturated carbocycles. The number of hydrogen-bond acceptors (Lipinski definition) is 2. The van der Waals surface area contributed by atoms with Gasteiger partial charge >= 0.3 is 0 Å². The number of hydrogen-bond donors (Lipinski definition) is 1. The van der Waals surface area contributed by atoms with Gasteiger partial charge in [0, 0.05) is 23.1 Å². The van der Waals surface area contributed by atoms with Crippen LogP contribution in [0.2, 0.25) is 0 Å². The van der Waals surface area contributed by atoms with Gasteiger partial charge in [-0.1, -0.05) is 18.6 Å². The Hall–Kier alpha value is -0.870. The molecule has 4 heteroatoms. The molecule has 2 saturated heterocycles. The molecular weight excluding hydrogens is 304 g/mol. The zero-order valence-electron chi connectivity index (χ0n) is 10.9. The third kappa shape index (κ3) is 2.70. The minimum atomic E-state index is 0.0462. The lowest BCUT2D eigenvalue weighted by molar-refractivity contribution is 0.0914. The molecule has 0 aliphatic carbocycles. The highest BCUT2D eigenvalue weighted by Crippen LogP contribution is 2.27. The molecule has 2 aliphatic rings. The molecule has 19 heavy (non-hydrogen) atoms. The van der Waals surface area contributed by atoms with E-state index in [2.05, 4.69) is 26.1 Å². The van der Waals surface area contributed by atoms with Gasteiger partial charge in [0.15, 0.2) is 0 Å². The molecule has 3 rings (SSSR count). The third-order valence-corrected chi connectivity index (χ3v) is 4.98. The molecular formula is C15H19BrN2O. The van der Waals surface area contributed by atoms with Crippen LogP contribution < -0.4 is 5.32 Å². The summed E-state index contributed by atoms with van der Waals surface area (Å²) in [6, 6.07) is 8.49. The van der Waals surface area contributed by atoms with Crippen LogP contribution in [-0.4, -0.2) is 36.0 Å². The molecule has 2 atom stereocenters. The summed E-state index contributed by atoms with van der Waals surface area (Å²) >= 11 is 3.44. The Kier molecular flexibility index (Phi) is 3.89. The Morgan fingerprint density at radius 1 is 1.21 bits per heavy atom. The number of piperidine rings is 1. The first kappa shape index (κ1) is 13.1. The fourth-order valence-electron chi connectivity index (χ4n) is 3.31. The number of fused-ring (bicyclic) bond motifs is 1. The Morgan fingerprint density at radius 3 is 2.89 bits per heavy atom. The maximum Gasteiger partial charge on any atom is 0.252 e. The number of nitrogens with zero attached hydrogens (tertiary/aromatic N) is 1. The van der Waals surface area contributed by atoms with E-state index >= 15 is 0 Å². The Morgan fingerprint density at radius 2 is 2.05 bits per heavy atom. The number of carbonyl (C=O) groups excluding carboxylic acids is 1. The van der Waals surface area contributed by atoms with Crippen molar-refractivity contribution < 1.29 is 4.79 Å². The molecule has 102 valence electrons. The van der Waals surface area contributed by atoms with Crippen molar-refractivity contribution in [2.75, 3.05) is 13.1 Å². The normalized spacial score (nSPS) is 27.0. The zero-order chi connectivity index (χ0) is 13.2. The van der Waals surface area contributed by atoms with E-state index in [0.717, 1.165) is 23.0 Å². The minimum absolute atomic E-state index is 0.0462. The summed E-state index contributed by atoms with van der Waals surface area (Å²) < 4.78 is 0.867. The van der Waals surface area contributed by atoms with Gasteiger partial charge in [-0.25, -0.2) is 0 Å². The van der Waals surface area contributed by atoms with E-state index in [0.29, 0.717) is 12.1 Å². The van der Waals surface area contributed by atoms with Gasteiger partial charge in [0.1, 0.15) is 0 Å². The SMILES string of the molecule is O=C(NC1CCN2CCCCC12)c1ccccc1Br. The van der Waals surface area contributed by atoms with Crippen LogP contribution in [0.15, 0.2) is 28.7 Å². The van der Waals surface area contributed by atoms with E-state index in [4.69, 9.17) is 0 Å². The minimum Gasteiger partial charge on any atom is -0.348 e. The van der Waals surface area contributed by atoms with Crippen molar-refractivity contribution >= 4 is 21.8 Å². The summed E-state index contributed by atoms with van der Waals surface area (Å²) in [6.07, 6.45) is 4.91. The molecule has 3 nitrogen and oxygen atoms in total. The molecule has 2 heterocycles. The van der Waals surface area contributed by atoms with Crippen LogP contribution in [0.4, 0.5) is 0 Å². The van der Waals surface area contributed by atoms with E-state index < -0.39 is 0 Å². The van der Waals surface area contributed by atoms with Gasteiger partial charge in [0.05, 0.1) is 5.56 Å². The highest BCUT2D eigenvalue weighted by molar-refractivity contribution is 9.10. The van der Waals surface area contributed by atoms with Crippen LogP contribution in [0.5, 0.6) is 0 Å². The second-order valence-corrected chi connectivity index (χ2v) is 6.30. The third-order valence-electron chi connectivity index (χ3n) is 4.29. The quantitative estimate of drug-likeness (QED) is 0.908. The average Bonchev–Trinajstić information content (AvgIpc) is 2.83. The molecule has 0 spiro atoms. The van der Waals surface area contributed by atoms with Crippen LogP contribution in [0, 0.1) is 0 Å². The lowest BCUT2D eigenvalue weighted by Gasteiger charge is -2.32. The number of rotatable bonds is 2. The van der Waals surface area contributed by atoms with Gasteiger partial charge in [-0.05, 0) is 53.9 Å². The Labute approximate surface area is 122 Å². The van der Waals surface area contributed by atoms with Gasteiger partial charge in [-0.15, -0.1) is 0 Å². The predicted octanol–water partition coefficient (Wildman–Crippen LogP) is 2.81. The summed E-state index contributed by atoms with van der Waals surface area (Å²) in [6.45, 7) is 2.33. The maximum absolute atomic E-state index is 12.3. The van der Waals surface area contributed by atoms with Crippen LogP contribution in [0.3, 0.4) is 0 Å². The summed E-state index contributed by atoms with van der Waals surface area (Å²) in [4.78, 5) is 14.9. The van der Waals surface area contributed by atoms with E-state index in [1.807, 2.05) is 24.3 Å². The lowest BCUT2D eigenvalue weighted by atomic mass is 9.99. The molecule has 2 fully saturated rings. The average molecular weight is 323 g/mol. The molecule has 1 aromatic rings. The Bertz CT molecular complexity index is 477. The predicted molar refractivity (Wildman–Crippen MR) is 79.2 cm³/mol. The second-order valence-electron chi connectivity index (χ2n) is 5.45. The van der Waals surface area contributed by atoms with Gasteiger partial charge in [-0.2, -0.15) is 0 Å². The van der Waals surface area contributed by atoms with Crippen molar-refractivity contribution in [3.63, 3.8) is 0 Å². The van der Waals surface area contributed by atoms with Gasteiger partial charge in [0.25, 0.3) is 5.91 Å². The van der Waals surface area contributed by atoms with Crippen LogP contribution >= 0.6 is 15.9 Å². The molecule has 0 bridgehead atoms. The summed E-state index contributed by atoms with van der Waals surface area (Å²) in [5, 5.41) is 3.22. The first-order chi connectivity index (χ1) is 9.25. The standard InChI is InChI=1S/C15H19BrN2O/c16-12-6-2-1-5-11(12)15(19)17-13-8-10-18-9-4-3-7-14(13)18/h1-2,5-6,13-14H,3-4,7-10H2,(H,17,19). The van der Waals surface area contributed by atoms with Crippen molar-refractivity contribution in [1.82, 2.24) is 10.2 Å². The first-order valence-electron chi connectivity index (χ1n) is 7.05. The molecule has 2 unspecified atom stereocenters. The van der Waals surface area contributed by atoms with Gasteiger partial charge in [0.2, 0.25) is 0 Å². The zero-order valence-corrected chi connectivity index (χ0v) is 12.5. The number of halogens is 1. The van der Waals surface area contributed by atoms with E-state index in [-0.39, 0.29) is 5.91 Å². The number of carbonyl (C=O) groups is 1. The maximum atomic E-state index is 12.3. The van der Waals surface area contributed by atoms with Gasteiger partial charge in [-0.3, -0.25) is 9.69 Å². The van der Waals surface area contributed by atoms with E-state index in [1.54, 1.807) is 0 Å². The molecule has 0 aromatic heterocycles. The highest BCUT2D eigenvalue weighted by Gasteiger charge is 2.36. The van der Waals surface area contributed by atoms with Crippen LogP contribution in [-0.2, 0) is 0 Å². The van der Waals surface area contributed by atoms with Crippen molar-refractivity contribution in [1.29, 1.82) is 0 Å². The summed E-state index contributed by atoms with van der Waals surface area (Å²) in [5.41, 5.74) is 0.733. The van der Waals surface area contributed by atoms with Crippen molar-refractivity contribution in [3.05, 3.63) is 34.3 Å². The number of benzene rings is 1. The van der Waals surface area contributed by atoms with E-state index in [1.165, 1.54) is 25.8 Å². The van der Waals surface area contributed by atoms with Crippen molar-refractivity contribution in [3.8, 4) is 0 Å². The molecule has 1 N–H and O–H groups in total. The smallest absolute Gasteiger partial charge is 0.252 e. The fourth-order valence-corrected chi connectivity index (χ4v) is 3.77. The lowest BCUT2D eigenvalue weighted by Crippen LogP contribution is -2.46. The van der Waals surface area contributed by atoms with Crippen molar-refractivity contribution in [2.24, 2.45) is 0 Å². The molecule has 2 aliphatic heterocycles. The second kappa shape index (κ2) is 5.63. The highest BCUT2D eigenvalue weighted by atomic mass is 79.9. The largest absolute Gasteiger partial charge is 0.348 e. The van der Waals surface area contributed by atoms with E-state index in [9.17, 15) is 4.79 Å². The fraction of sp³-hybridized carbons (Fsp3) is 0.533. The summed E-state index contributed by atoms with van der Waals surface area (Å²) in [5.74, 6) is 0.0462. The number of amides is 1. The summed E-state index contributed by atoms with van der Waals surface area (Å²) in [7, 11) is 0. The molecule has 1 amide bonds.